The van der Waals surface area contributed by atoms with E-state index in [1.54, 1.807) is 0 Å². The van der Waals surface area contributed by atoms with E-state index < -0.39 is 230 Å². The Kier molecular flexibility index (Phi) is 43.7. The number of nitrogens with one attached hydrogen (secondary N) is 4. The maximum absolute atomic E-state index is 12.4. The lowest BCUT2D eigenvalue weighted by Gasteiger charge is -2.46. The van der Waals surface area contributed by atoms with Crippen LogP contribution in [-0.4, -0.2) is 395 Å². The summed E-state index contributed by atoms with van der Waals surface area (Å²) >= 11 is 0. The van der Waals surface area contributed by atoms with Crippen LogP contribution in [0.5, 0.6) is 0 Å². The smallest absolute Gasteiger partial charge is 0.234 e. The molecule has 6 heterocycles. The van der Waals surface area contributed by atoms with Crippen LogP contribution in [0.4, 0.5) is 0 Å². The second-order valence-electron chi connectivity index (χ2n) is 25.5. The molecule has 3 amide bonds. The molecule has 0 unspecified atom stereocenters. The molecular formula is C63H115N5O37. The molecule has 0 spiro atoms. The molecule has 0 aromatic rings. The molecule has 6 fully saturated rings. The highest BCUT2D eigenvalue weighted by molar-refractivity contribution is 5.79. The quantitative estimate of drug-likeness (QED) is 0.0154. The van der Waals surface area contributed by atoms with E-state index in [1.165, 1.54) is 0 Å². The van der Waals surface area contributed by atoms with Crippen molar-refractivity contribution in [3.63, 3.8) is 0 Å². The average Bonchev–Trinajstić information content (AvgIpc) is 0.786. The lowest BCUT2D eigenvalue weighted by atomic mass is 9.96. The monoisotopic (exact) mass is 1530 g/mol. The summed E-state index contributed by atoms with van der Waals surface area (Å²) in [6.07, 6.45) is -44.3. The van der Waals surface area contributed by atoms with E-state index >= 15 is 0 Å². The normalized spacial score (nSPS) is 38.1. The van der Waals surface area contributed by atoms with E-state index in [9.17, 15) is 126 Å². The topological polar surface area (TPSA) is 675 Å². The fourth-order valence-corrected chi connectivity index (χ4v) is 11.6. The highest BCUT2D eigenvalue weighted by Gasteiger charge is 2.55. The number of rotatable bonds is 41. The van der Waals surface area contributed by atoms with Gasteiger partial charge in [-0.2, -0.15) is 0 Å². The van der Waals surface area contributed by atoms with Gasteiger partial charge in [0.25, 0.3) is 0 Å². The van der Waals surface area contributed by atoms with Crippen molar-refractivity contribution in [1.29, 1.82) is 0 Å². The van der Waals surface area contributed by atoms with E-state index in [-0.39, 0.29) is 75.4 Å². The number of hydrogen-bond acceptors (Lipinski definition) is 39. The first kappa shape index (κ1) is 93.8. The lowest BCUT2D eigenvalue weighted by molar-refractivity contribution is -0.366. The first-order chi connectivity index (χ1) is 50.1. The number of ether oxygens (including phenoxy) is 12. The molecule has 42 heteroatoms. The minimum Gasteiger partial charge on any atom is -0.394 e. The van der Waals surface area contributed by atoms with Crippen LogP contribution in [0.1, 0.15) is 104 Å². The fourth-order valence-electron chi connectivity index (χ4n) is 11.6. The second kappa shape index (κ2) is 48.9. The molecule has 6 aliphatic rings. The maximum Gasteiger partial charge on any atom is 0.234 e. The van der Waals surface area contributed by atoms with Crippen LogP contribution in [0.25, 0.3) is 0 Å². The molecule has 0 aromatic heterocycles. The zero-order chi connectivity index (χ0) is 78.2. The number of nitrogens with two attached hydrogens (primary N) is 1. The summed E-state index contributed by atoms with van der Waals surface area (Å²) in [6, 6.07) is -0.537. The van der Waals surface area contributed by atoms with Crippen LogP contribution in [0.3, 0.4) is 0 Å². The van der Waals surface area contributed by atoms with E-state index in [4.69, 9.17) is 62.6 Å². The van der Waals surface area contributed by atoms with Crippen LogP contribution in [0.15, 0.2) is 0 Å². The summed E-state index contributed by atoms with van der Waals surface area (Å²) in [5, 5.41) is 210. The molecule has 614 valence electrons. The Morgan fingerprint density at radius 2 is 0.752 bits per heavy atom. The summed E-state index contributed by atoms with van der Waals surface area (Å²) in [7, 11) is 0. The van der Waals surface area contributed by atoms with Crippen molar-refractivity contribution >= 4 is 29.8 Å². The van der Waals surface area contributed by atoms with Crippen molar-refractivity contribution in [1.82, 2.24) is 21.5 Å². The predicted molar refractivity (Wildman–Crippen MR) is 348 cm³/mol. The molecule has 6 aliphatic heterocycles. The van der Waals surface area contributed by atoms with E-state index in [0.717, 1.165) is 12.8 Å². The number of hydrogen-bond donors (Lipinski definition) is 25. The SMILES string of the molecule is CC.CCNC(=O)CCCCC(=O)CCCO[C@H]1O[C@H](CO[C@H]2O[C@H](CO)[C@@H](O)[C@H](O)[C@@H]2O)[C@@H](O)[C@H](O[C@H]2O[C@H](CO)[C@@H](O)[C@H](O)[C@@H]2O)[C@@H]1O.NCCCC[C@@H](C=O)NNC(=O)CCCCC(=O)NCCO[C@H]1O[C@H](CO[C@H]2O[C@H](CO)[C@@H](O)[C@H](O)[C@@H]2O)[C@@H](O)[C@H](O[C@H]2O[C@H](CO)[C@@H](O)[C@H](O)[C@@H]2O)[C@@H]1O. The molecule has 42 nitrogen and oxygen atoms in total. The lowest BCUT2D eigenvalue weighted by Crippen LogP contribution is -2.65. The second-order valence-corrected chi connectivity index (χ2v) is 25.5. The summed E-state index contributed by atoms with van der Waals surface area (Å²) in [4.78, 5) is 59.4. The number of carbonyl (C=O) groups is 5. The van der Waals surface area contributed by atoms with Gasteiger partial charge in [-0.05, 0) is 58.4 Å². The Morgan fingerprint density at radius 1 is 0.400 bits per heavy atom. The molecule has 0 saturated carbocycles. The largest absolute Gasteiger partial charge is 0.394 e. The van der Waals surface area contributed by atoms with Crippen LogP contribution in [0, 0.1) is 0 Å². The number of hydrazine groups is 1. The highest BCUT2D eigenvalue weighted by atomic mass is 16.8. The first-order valence-corrected chi connectivity index (χ1v) is 35.4. The molecule has 6 saturated heterocycles. The summed E-state index contributed by atoms with van der Waals surface area (Å²) in [5.41, 5.74) is 10.6. The van der Waals surface area contributed by atoms with Crippen molar-refractivity contribution in [3.8, 4) is 0 Å². The standard InChI is InChI=1S/C32H58N4O19.C29H51NO18.C2H6/c33-8-4-3-5-15(11-37)35-36-20(41)7-2-1-6-19(40)34-9-10-50-31-28(49)29(55-32-27(48)25(46)22(43)17(13-39)53-32)23(44)18(54-31)14-51-30-26(47)24(45)21(42)16(12-38)52-30;1-2-30-17(34)8-4-3-6-13(33)7-5-9-43-28-25(42)26(48-29-24(41)22(39)19(36)15(11-32)46-29)20(37)16(47-28)12-44-27-23(40)21(38)18(35)14(10-31)45-27;1-2/h11,15-18,21-32,35,38-39,42-49H,1-10,12-14,33H2,(H,34,40)(H,36,41);14-16,18-29,31-32,35-42H,2-12H2,1H3,(H,30,34);1-2H3/t15-,16+,17+,18+,21+,22+,23+,24-,25-,26-,27-,28-,29-,30-,31-,32+;14-,15-,16-,18-,19-,20-,21+,22+,23+,24+,25+,26+,27+,28+,29-;/m01./s1. The molecule has 26 N–H and O–H groups in total. The zero-order valence-corrected chi connectivity index (χ0v) is 58.9. The van der Waals surface area contributed by atoms with Crippen LogP contribution in [-0.2, 0) is 80.8 Å². The van der Waals surface area contributed by atoms with Gasteiger partial charge in [0.05, 0.1) is 58.9 Å². The predicted octanol–water partition coefficient (Wildman–Crippen LogP) is -12.0. The van der Waals surface area contributed by atoms with Crippen molar-refractivity contribution < 1.29 is 183 Å². The number of aldehydes is 1. The zero-order valence-electron chi connectivity index (χ0n) is 58.9. The van der Waals surface area contributed by atoms with Crippen molar-refractivity contribution in [3.05, 3.63) is 0 Å². The number of Topliss-reactive ketones (excluding diaryl/α,β-unsaturated/α-hetero) is 1. The number of aliphatic hydroxyl groups excluding tert-OH is 20. The van der Waals surface area contributed by atoms with Gasteiger partial charge in [0.2, 0.25) is 17.7 Å². The molecule has 0 radical (unpaired) electrons. The van der Waals surface area contributed by atoms with Crippen molar-refractivity contribution in [2.24, 2.45) is 5.73 Å². The molecular weight excluding hydrogens is 1420 g/mol. The highest BCUT2D eigenvalue weighted by Crippen LogP contribution is 2.34. The Bertz CT molecular complexity index is 2440. The van der Waals surface area contributed by atoms with Crippen LogP contribution < -0.4 is 27.2 Å². The van der Waals surface area contributed by atoms with E-state index in [1.807, 2.05) is 20.8 Å². The van der Waals surface area contributed by atoms with Crippen LogP contribution in [0.2, 0.25) is 0 Å². The molecule has 6 rings (SSSR count). The molecule has 0 aliphatic carbocycles. The van der Waals surface area contributed by atoms with Crippen molar-refractivity contribution in [2.45, 2.75) is 295 Å². The Morgan fingerprint density at radius 3 is 1.15 bits per heavy atom. The third-order valence-electron chi connectivity index (χ3n) is 17.8. The van der Waals surface area contributed by atoms with Gasteiger partial charge >= 0.3 is 0 Å². The summed E-state index contributed by atoms with van der Waals surface area (Å²) < 4.78 is 66.4. The fraction of sp³-hybridized carbons (Fsp3) is 0.921. The average molecular weight is 1530 g/mol. The van der Waals surface area contributed by atoms with Gasteiger partial charge in [-0.1, -0.05) is 20.3 Å². The van der Waals surface area contributed by atoms with Gasteiger partial charge in [0.1, 0.15) is 159 Å². The first-order valence-electron chi connectivity index (χ1n) is 35.4. The summed E-state index contributed by atoms with van der Waals surface area (Å²) in [5.74, 6) is -0.871. The van der Waals surface area contributed by atoms with Gasteiger partial charge in [-0.15, -0.1) is 0 Å². The minimum atomic E-state index is -1.91. The van der Waals surface area contributed by atoms with E-state index in [2.05, 4.69) is 21.5 Å². The number of amides is 3. The van der Waals surface area contributed by atoms with Gasteiger partial charge < -0.3 is 180 Å². The third-order valence-corrected chi connectivity index (χ3v) is 17.8. The molecule has 31 atom stereocenters. The number of unbranched alkanes of at least 4 members (excludes halogenated alkanes) is 3. The van der Waals surface area contributed by atoms with Gasteiger partial charge in [0.15, 0.2) is 37.7 Å². The van der Waals surface area contributed by atoms with Crippen molar-refractivity contribution in [2.75, 3.05) is 72.5 Å². The Hall–Kier alpha value is -3.61. The van der Waals surface area contributed by atoms with Gasteiger partial charge in [-0.3, -0.25) is 24.6 Å². The third kappa shape index (κ3) is 28.3. The number of ketones is 1. The van der Waals surface area contributed by atoms with Gasteiger partial charge in [0, 0.05) is 45.2 Å². The molecule has 105 heavy (non-hydrogen) atoms. The minimum absolute atomic E-state index is 0.0651. The number of aliphatic hydroxyl groups is 20. The summed E-state index contributed by atoms with van der Waals surface area (Å²) in [6.45, 7) is 2.16. The van der Waals surface area contributed by atoms with Gasteiger partial charge in [-0.25, -0.2) is 5.43 Å². The van der Waals surface area contributed by atoms with Crippen LogP contribution >= 0.6 is 0 Å². The molecule has 0 aromatic carbocycles. The Balaban J connectivity index is 0.000000438. The van der Waals surface area contributed by atoms with E-state index in [0.29, 0.717) is 57.9 Å². The Labute approximate surface area is 605 Å². The molecule has 0 bridgehead atoms. The number of carbonyl (C=O) groups excluding carboxylic acids is 5. The maximum atomic E-state index is 12.4.